The smallest absolute Gasteiger partial charge is 0.313 e. The first-order chi connectivity index (χ1) is 13.6. The first kappa shape index (κ1) is 18.5. The van der Waals surface area contributed by atoms with Gasteiger partial charge in [-0.25, -0.2) is 4.39 Å². The number of hydrogen-bond acceptors (Lipinski definition) is 3. The van der Waals surface area contributed by atoms with Gasteiger partial charge in [0.25, 0.3) is 0 Å². The molecule has 0 saturated carbocycles. The molecule has 0 aliphatic carbocycles. The van der Waals surface area contributed by atoms with Crippen molar-refractivity contribution in [2.75, 3.05) is 36.4 Å². The molecule has 2 aromatic rings. The molecule has 5 nitrogen and oxygen atoms in total. The molecule has 1 atom stereocenters. The minimum absolute atomic E-state index is 0.0727. The van der Waals surface area contributed by atoms with Gasteiger partial charge in [0.2, 0.25) is 0 Å². The molecule has 4 rings (SSSR count). The van der Waals surface area contributed by atoms with E-state index in [0.717, 1.165) is 18.8 Å². The summed E-state index contributed by atoms with van der Waals surface area (Å²) < 4.78 is 14.0. The standard InChI is InChI=1S/C22H24FN3O2/c23-20-9-2-1-8-19(20)16-10-13-26(15-16)22(28)21(27)24-17-6-5-7-18(14-17)25-11-3-4-12-25/h1-2,5-9,14,16H,3-4,10-13,15H2,(H,24,27). The van der Waals surface area contributed by atoms with Gasteiger partial charge in [0, 0.05) is 43.5 Å². The summed E-state index contributed by atoms with van der Waals surface area (Å²) in [4.78, 5) is 28.8. The lowest BCUT2D eigenvalue weighted by Crippen LogP contribution is -2.38. The Hall–Kier alpha value is -2.89. The maximum absolute atomic E-state index is 14.0. The highest BCUT2D eigenvalue weighted by Gasteiger charge is 2.32. The summed E-state index contributed by atoms with van der Waals surface area (Å²) >= 11 is 0. The molecule has 2 heterocycles. The fraction of sp³-hybridized carbons (Fsp3) is 0.364. The predicted molar refractivity (Wildman–Crippen MR) is 107 cm³/mol. The summed E-state index contributed by atoms with van der Waals surface area (Å²) in [7, 11) is 0. The largest absolute Gasteiger partial charge is 0.371 e. The zero-order valence-corrected chi connectivity index (χ0v) is 15.7. The summed E-state index contributed by atoms with van der Waals surface area (Å²) in [6, 6.07) is 14.2. The van der Waals surface area contributed by atoms with Crippen LogP contribution in [-0.4, -0.2) is 42.9 Å². The van der Waals surface area contributed by atoms with Crippen molar-refractivity contribution in [3.05, 3.63) is 59.9 Å². The number of nitrogens with zero attached hydrogens (tertiary/aromatic N) is 2. The molecule has 1 N–H and O–H groups in total. The Morgan fingerprint density at radius 2 is 1.79 bits per heavy atom. The normalized spacial score (nSPS) is 19.1. The fourth-order valence-electron chi connectivity index (χ4n) is 4.09. The monoisotopic (exact) mass is 381 g/mol. The topological polar surface area (TPSA) is 52.7 Å². The summed E-state index contributed by atoms with van der Waals surface area (Å²) in [5.41, 5.74) is 2.28. The number of nitrogens with one attached hydrogen (secondary N) is 1. The van der Waals surface area contributed by atoms with E-state index in [1.54, 1.807) is 24.3 Å². The van der Waals surface area contributed by atoms with E-state index in [9.17, 15) is 14.0 Å². The van der Waals surface area contributed by atoms with Gasteiger partial charge in [-0.1, -0.05) is 24.3 Å². The molecule has 6 heteroatoms. The van der Waals surface area contributed by atoms with Crippen LogP contribution in [0.4, 0.5) is 15.8 Å². The average molecular weight is 381 g/mol. The van der Waals surface area contributed by atoms with Crippen LogP contribution in [0.25, 0.3) is 0 Å². The van der Waals surface area contributed by atoms with Crippen molar-refractivity contribution < 1.29 is 14.0 Å². The number of anilines is 2. The second kappa shape index (κ2) is 8.00. The molecule has 28 heavy (non-hydrogen) atoms. The molecule has 2 aromatic carbocycles. The van der Waals surface area contributed by atoms with Crippen molar-refractivity contribution in [3.8, 4) is 0 Å². The number of amides is 2. The number of carbonyl (C=O) groups is 2. The lowest BCUT2D eigenvalue weighted by Gasteiger charge is -2.19. The van der Waals surface area contributed by atoms with E-state index in [2.05, 4.69) is 10.2 Å². The van der Waals surface area contributed by atoms with E-state index in [4.69, 9.17) is 0 Å². The molecule has 2 fully saturated rings. The summed E-state index contributed by atoms with van der Waals surface area (Å²) in [6.45, 7) is 2.85. The van der Waals surface area contributed by atoms with Gasteiger partial charge in [0.1, 0.15) is 5.82 Å². The lowest BCUT2D eigenvalue weighted by atomic mass is 9.98. The molecule has 146 valence electrons. The average Bonchev–Trinajstić information content (AvgIpc) is 3.40. The molecule has 2 saturated heterocycles. The summed E-state index contributed by atoms with van der Waals surface area (Å²) in [5.74, 6) is -1.54. The summed E-state index contributed by atoms with van der Waals surface area (Å²) in [5, 5.41) is 2.72. The van der Waals surface area contributed by atoms with Crippen molar-refractivity contribution in [1.82, 2.24) is 4.90 Å². The Balaban J connectivity index is 1.38. The zero-order chi connectivity index (χ0) is 19.5. The van der Waals surface area contributed by atoms with E-state index in [1.165, 1.54) is 23.8 Å². The highest BCUT2D eigenvalue weighted by atomic mass is 19.1. The van der Waals surface area contributed by atoms with Crippen LogP contribution in [0.5, 0.6) is 0 Å². The summed E-state index contributed by atoms with van der Waals surface area (Å²) in [6.07, 6.45) is 3.00. The van der Waals surface area contributed by atoms with Gasteiger partial charge in [0.15, 0.2) is 0 Å². The molecule has 0 radical (unpaired) electrons. The third-order valence-electron chi connectivity index (χ3n) is 5.59. The second-order valence-corrected chi connectivity index (χ2v) is 7.46. The Morgan fingerprint density at radius 1 is 1.00 bits per heavy atom. The van der Waals surface area contributed by atoms with Crippen LogP contribution >= 0.6 is 0 Å². The van der Waals surface area contributed by atoms with Gasteiger partial charge in [-0.05, 0) is 49.1 Å². The minimum Gasteiger partial charge on any atom is -0.371 e. The molecule has 0 aromatic heterocycles. The zero-order valence-electron chi connectivity index (χ0n) is 15.7. The van der Waals surface area contributed by atoms with Crippen molar-refractivity contribution in [2.45, 2.75) is 25.2 Å². The second-order valence-electron chi connectivity index (χ2n) is 7.46. The third-order valence-corrected chi connectivity index (χ3v) is 5.59. The van der Waals surface area contributed by atoms with Crippen LogP contribution in [0.1, 0.15) is 30.7 Å². The molecular weight excluding hydrogens is 357 g/mol. The van der Waals surface area contributed by atoms with Crippen molar-refractivity contribution in [1.29, 1.82) is 0 Å². The van der Waals surface area contributed by atoms with Crippen LogP contribution in [0.15, 0.2) is 48.5 Å². The molecule has 2 aliphatic rings. The van der Waals surface area contributed by atoms with Gasteiger partial charge >= 0.3 is 11.8 Å². The first-order valence-electron chi connectivity index (χ1n) is 9.81. The quantitative estimate of drug-likeness (QED) is 0.830. The highest BCUT2D eigenvalue weighted by molar-refractivity contribution is 6.39. The molecule has 0 bridgehead atoms. The Kier molecular flexibility index (Phi) is 5.28. The molecule has 0 spiro atoms. The van der Waals surface area contributed by atoms with E-state index in [0.29, 0.717) is 30.8 Å². The highest BCUT2D eigenvalue weighted by Crippen LogP contribution is 2.29. The van der Waals surface area contributed by atoms with Crippen LogP contribution in [0, 0.1) is 5.82 Å². The number of rotatable bonds is 3. The van der Waals surface area contributed by atoms with Crippen molar-refractivity contribution in [3.63, 3.8) is 0 Å². The minimum atomic E-state index is -0.646. The van der Waals surface area contributed by atoms with Crippen LogP contribution < -0.4 is 10.2 Å². The molecule has 2 aliphatic heterocycles. The van der Waals surface area contributed by atoms with Crippen LogP contribution in [-0.2, 0) is 9.59 Å². The third kappa shape index (κ3) is 3.86. The SMILES string of the molecule is O=C(Nc1cccc(N2CCCC2)c1)C(=O)N1CCC(c2ccccc2F)C1. The number of benzene rings is 2. The Morgan fingerprint density at radius 3 is 2.57 bits per heavy atom. The molecule has 1 unspecified atom stereocenters. The first-order valence-corrected chi connectivity index (χ1v) is 9.81. The Bertz CT molecular complexity index is 880. The van der Waals surface area contributed by atoms with Crippen LogP contribution in [0.2, 0.25) is 0 Å². The molecule has 2 amide bonds. The van der Waals surface area contributed by atoms with Gasteiger partial charge < -0.3 is 15.1 Å². The van der Waals surface area contributed by atoms with Gasteiger partial charge in [0.05, 0.1) is 0 Å². The van der Waals surface area contributed by atoms with E-state index in [1.807, 2.05) is 18.2 Å². The van der Waals surface area contributed by atoms with E-state index in [-0.39, 0.29) is 11.7 Å². The fourth-order valence-corrected chi connectivity index (χ4v) is 4.09. The van der Waals surface area contributed by atoms with Crippen molar-refractivity contribution >= 4 is 23.2 Å². The van der Waals surface area contributed by atoms with Crippen molar-refractivity contribution in [2.24, 2.45) is 0 Å². The Labute approximate surface area is 164 Å². The van der Waals surface area contributed by atoms with Gasteiger partial charge in [-0.2, -0.15) is 0 Å². The predicted octanol–water partition coefficient (Wildman–Crippen LogP) is 3.38. The number of carbonyl (C=O) groups excluding carboxylic acids is 2. The lowest BCUT2D eigenvalue weighted by molar-refractivity contribution is -0.142. The van der Waals surface area contributed by atoms with E-state index >= 15 is 0 Å². The molecular formula is C22H24FN3O2. The number of halogens is 1. The number of likely N-dealkylation sites (tertiary alicyclic amines) is 1. The number of hydrogen-bond donors (Lipinski definition) is 1. The maximum Gasteiger partial charge on any atom is 0.313 e. The van der Waals surface area contributed by atoms with E-state index < -0.39 is 11.8 Å². The van der Waals surface area contributed by atoms with Crippen LogP contribution in [0.3, 0.4) is 0 Å². The van der Waals surface area contributed by atoms with Gasteiger partial charge in [-0.3, -0.25) is 9.59 Å². The van der Waals surface area contributed by atoms with Gasteiger partial charge in [-0.15, -0.1) is 0 Å². The maximum atomic E-state index is 14.0.